The maximum atomic E-state index is 12.9. The first-order chi connectivity index (χ1) is 14.2. The molecule has 1 atom stereocenters. The maximum Gasteiger partial charge on any atom is 0.251 e. The van der Waals surface area contributed by atoms with E-state index < -0.39 is 0 Å². The summed E-state index contributed by atoms with van der Waals surface area (Å²) in [5.41, 5.74) is 4.50. The van der Waals surface area contributed by atoms with Crippen molar-refractivity contribution in [3.63, 3.8) is 0 Å². The van der Waals surface area contributed by atoms with Crippen molar-refractivity contribution in [2.75, 3.05) is 31.1 Å². The Morgan fingerprint density at radius 1 is 1.24 bits per heavy atom. The van der Waals surface area contributed by atoms with Crippen LogP contribution < -0.4 is 15.5 Å². The van der Waals surface area contributed by atoms with Crippen LogP contribution in [0.4, 0.5) is 5.13 Å². The minimum absolute atomic E-state index is 0.0423. The van der Waals surface area contributed by atoms with Crippen LogP contribution in [-0.4, -0.2) is 37.1 Å². The number of aromatic nitrogens is 1. The average Bonchev–Trinajstić information content (AvgIpc) is 3.37. The first-order valence-electron chi connectivity index (χ1n) is 9.91. The average molecular weight is 404 g/mol. The standard InChI is InChI=1S/C22H21N5OS/c23-13-14-1-2-15-3-5-18(17(15)11-14)25-21(28)16-4-6-19-20(12-16)29-22(26-19)27-9-7-24-8-10-27/h1-2,4,6,11-12,18,24H,3,5,7-10H2,(H,25,28)/t18-/m1/s1. The quantitative estimate of drug-likeness (QED) is 0.703. The fourth-order valence-corrected chi connectivity index (χ4v) is 5.16. The van der Waals surface area contributed by atoms with Gasteiger partial charge in [-0.1, -0.05) is 17.4 Å². The number of piperazine rings is 1. The van der Waals surface area contributed by atoms with E-state index in [2.05, 4.69) is 21.6 Å². The monoisotopic (exact) mass is 403 g/mol. The second-order valence-corrected chi connectivity index (χ2v) is 8.52. The SMILES string of the molecule is N#Cc1ccc2c(c1)[C@H](NC(=O)c1ccc3nc(N4CCNCC4)sc3c1)CC2. The van der Waals surface area contributed by atoms with E-state index in [4.69, 9.17) is 10.2 Å². The van der Waals surface area contributed by atoms with E-state index in [1.165, 1.54) is 5.56 Å². The third kappa shape index (κ3) is 3.46. The summed E-state index contributed by atoms with van der Waals surface area (Å²) in [5, 5.41) is 16.7. The van der Waals surface area contributed by atoms with Gasteiger partial charge in [0.2, 0.25) is 0 Å². The van der Waals surface area contributed by atoms with Crippen molar-refractivity contribution in [2.45, 2.75) is 18.9 Å². The highest BCUT2D eigenvalue weighted by molar-refractivity contribution is 7.22. The number of carbonyl (C=O) groups excluding carboxylic acids is 1. The van der Waals surface area contributed by atoms with E-state index in [0.717, 1.165) is 59.9 Å². The molecule has 2 aromatic carbocycles. The molecule has 3 aromatic rings. The number of carbonyl (C=O) groups is 1. The number of rotatable bonds is 3. The van der Waals surface area contributed by atoms with Crippen LogP contribution in [0.5, 0.6) is 0 Å². The van der Waals surface area contributed by atoms with Crippen LogP contribution in [0.1, 0.15) is 39.5 Å². The van der Waals surface area contributed by atoms with Gasteiger partial charge in [-0.2, -0.15) is 5.26 Å². The third-order valence-electron chi connectivity index (χ3n) is 5.68. The fourth-order valence-electron chi connectivity index (χ4n) is 4.11. The first kappa shape index (κ1) is 18.1. The molecule has 0 saturated carbocycles. The summed E-state index contributed by atoms with van der Waals surface area (Å²) in [6.45, 7) is 3.86. The molecule has 1 amide bonds. The molecule has 6 nitrogen and oxygen atoms in total. The van der Waals surface area contributed by atoms with Crippen molar-refractivity contribution in [3.05, 3.63) is 58.7 Å². The normalized spacial score (nSPS) is 18.4. The van der Waals surface area contributed by atoms with E-state index in [-0.39, 0.29) is 11.9 Å². The Kier molecular flexibility index (Phi) is 4.66. The van der Waals surface area contributed by atoms with Gasteiger partial charge in [0.1, 0.15) is 0 Å². The molecule has 7 heteroatoms. The molecule has 5 rings (SSSR count). The summed E-state index contributed by atoms with van der Waals surface area (Å²) in [7, 11) is 0. The van der Waals surface area contributed by atoms with Gasteiger partial charge in [0.25, 0.3) is 5.91 Å². The number of amides is 1. The van der Waals surface area contributed by atoms with Crippen molar-refractivity contribution < 1.29 is 4.79 Å². The maximum absolute atomic E-state index is 12.9. The van der Waals surface area contributed by atoms with Gasteiger partial charge >= 0.3 is 0 Å². The lowest BCUT2D eigenvalue weighted by molar-refractivity contribution is 0.0937. The molecule has 29 heavy (non-hydrogen) atoms. The molecule has 1 aromatic heterocycles. The Morgan fingerprint density at radius 3 is 2.93 bits per heavy atom. The van der Waals surface area contributed by atoms with E-state index in [1.807, 2.05) is 36.4 Å². The zero-order chi connectivity index (χ0) is 19.8. The smallest absolute Gasteiger partial charge is 0.251 e. The largest absolute Gasteiger partial charge is 0.346 e. The zero-order valence-electron chi connectivity index (χ0n) is 15.9. The topological polar surface area (TPSA) is 81.0 Å². The van der Waals surface area contributed by atoms with Crippen molar-refractivity contribution in [2.24, 2.45) is 0 Å². The molecule has 0 spiro atoms. The number of nitriles is 1. The molecule has 1 aliphatic carbocycles. The highest BCUT2D eigenvalue weighted by Crippen LogP contribution is 2.33. The summed E-state index contributed by atoms with van der Waals surface area (Å²) < 4.78 is 1.03. The van der Waals surface area contributed by atoms with E-state index in [1.54, 1.807) is 11.3 Å². The van der Waals surface area contributed by atoms with Gasteiger partial charge in [0, 0.05) is 31.7 Å². The van der Waals surface area contributed by atoms with Crippen LogP contribution >= 0.6 is 11.3 Å². The molecular formula is C22H21N5OS. The number of fused-ring (bicyclic) bond motifs is 2. The van der Waals surface area contributed by atoms with Gasteiger partial charge in [0.15, 0.2) is 5.13 Å². The van der Waals surface area contributed by atoms with Gasteiger partial charge in [-0.25, -0.2) is 4.98 Å². The Morgan fingerprint density at radius 2 is 2.10 bits per heavy atom. The minimum atomic E-state index is -0.0794. The van der Waals surface area contributed by atoms with Gasteiger partial charge in [-0.05, 0) is 54.3 Å². The number of thiazole rings is 1. The molecule has 2 N–H and O–H groups in total. The summed E-state index contributed by atoms with van der Waals surface area (Å²) in [6, 6.07) is 13.6. The third-order valence-corrected chi connectivity index (χ3v) is 6.76. The number of benzene rings is 2. The highest BCUT2D eigenvalue weighted by Gasteiger charge is 2.25. The molecule has 1 fully saturated rings. The zero-order valence-corrected chi connectivity index (χ0v) is 16.8. The number of nitrogens with one attached hydrogen (secondary N) is 2. The molecule has 0 unspecified atom stereocenters. The van der Waals surface area contributed by atoms with Crippen LogP contribution in [0, 0.1) is 11.3 Å². The molecule has 0 radical (unpaired) electrons. The lowest BCUT2D eigenvalue weighted by Gasteiger charge is -2.26. The summed E-state index contributed by atoms with van der Waals surface area (Å²) in [5.74, 6) is -0.0794. The van der Waals surface area contributed by atoms with Crippen LogP contribution in [-0.2, 0) is 6.42 Å². The lowest BCUT2D eigenvalue weighted by atomic mass is 10.0. The minimum Gasteiger partial charge on any atom is -0.346 e. The molecular weight excluding hydrogens is 382 g/mol. The van der Waals surface area contributed by atoms with Gasteiger partial charge in [0.05, 0.1) is 27.9 Å². The fraction of sp³-hybridized carbons (Fsp3) is 0.318. The molecule has 2 aliphatic rings. The number of aryl methyl sites for hydroxylation is 1. The van der Waals surface area contributed by atoms with Crippen molar-refractivity contribution >= 4 is 32.6 Å². The summed E-state index contributed by atoms with van der Waals surface area (Å²) >= 11 is 1.64. The van der Waals surface area contributed by atoms with Crippen molar-refractivity contribution in [1.82, 2.24) is 15.6 Å². The second kappa shape index (κ2) is 7.47. The van der Waals surface area contributed by atoms with Gasteiger partial charge in [-0.3, -0.25) is 4.79 Å². The van der Waals surface area contributed by atoms with Gasteiger partial charge < -0.3 is 15.5 Å². The summed E-state index contributed by atoms with van der Waals surface area (Å²) in [4.78, 5) is 19.9. The molecule has 0 bridgehead atoms. The lowest BCUT2D eigenvalue weighted by Crippen LogP contribution is -2.43. The number of anilines is 1. The summed E-state index contributed by atoms with van der Waals surface area (Å²) in [6.07, 6.45) is 1.79. The van der Waals surface area contributed by atoms with Crippen LogP contribution in [0.25, 0.3) is 10.2 Å². The van der Waals surface area contributed by atoms with Crippen molar-refractivity contribution in [3.8, 4) is 6.07 Å². The van der Waals surface area contributed by atoms with Gasteiger partial charge in [-0.15, -0.1) is 0 Å². The highest BCUT2D eigenvalue weighted by atomic mass is 32.1. The van der Waals surface area contributed by atoms with Crippen LogP contribution in [0.3, 0.4) is 0 Å². The predicted octanol–water partition coefficient (Wildman–Crippen LogP) is 2.99. The number of hydrogen-bond acceptors (Lipinski definition) is 6. The van der Waals surface area contributed by atoms with Crippen molar-refractivity contribution in [1.29, 1.82) is 5.26 Å². The Hall–Kier alpha value is -2.95. The van der Waals surface area contributed by atoms with E-state index in [0.29, 0.717) is 11.1 Å². The second-order valence-electron chi connectivity index (χ2n) is 7.51. The molecule has 146 valence electrons. The predicted molar refractivity (Wildman–Crippen MR) is 114 cm³/mol. The van der Waals surface area contributed by atoms with Crippen LogP contribution in [0.15, 0.2) is 36.4 Å². The van der Waals surface area contributed by atoms with E-state index >= 15 is 0 Å². The van der Waals surface area contributed by atoms with E-state index in [9.17, 15) is 4.79 Å². The Labute approximate surface area is 173 Å². The Bertz CT molecular complexity index is 1130. The number of nitrogens with zero attached hydrogens (tertiary/aromatic N) is 3. The molecule has 2 heterocycles. The number of hydrogen-bond donors (Lipinski definition) is 2. The first-order valence-corrected chi connectivity index (χ1v) is 10.7. The Balaban J connectivity index is 1.36. The molecule has 1 saturated heterocycles. The molecule has 1 aliphatic heterocycles. The van der Waals surface area contributed by atoms with Crippen LogP contribution in [0.2, 0.25) is 0 Å².